The number of ether oxygens (including phenoxy) is 2. The van der Waals surface area contributed by atoms with Crippen molar-refractivity contribution in [1.82, 2.24) is 21.3 Å². The maximum absolute atomic E-state index is 14.0. The molecule has 0 saturated carbocycles. The monoisotopic (exact) mass is 615 g/mol. The molecule has 0 aromatic carbocycles. The fourth-order valence-electron chi connectivity index (χ4n) is 4.50. The summed E-state index contributed by atoms with van der Waals surface area (Å²) >= 11 is 0. The van der Waals surface area contributed by atoms with Gasteiger partial charge in [-0.25, -0.2) is 4.79 Å². The highest BCUT2D eigenvalue weighted by molar-refractivity contribution is 5.94. The maximum atomic E-state index is 14.0. The Morgan fingerprint density at radius 2 is 1.19 bits per heavy atom. The summed E-state index contributed by atoms with van der Waals surface area (Å²) in [5, 5.41) is 20.4. The number of rotatable bonds is 20. The molecule has 0 heterocycles. The van der Waals surface area contributed by atoms with Crippen molar-refractivity contribution >= 4 is 29.6 Å². The van der Waals surface area contributed by atoms with E-state index in [1.807, 2.05) is 13.8 Å². The third kappa shape index (κ3) is 12.0. The largest absolute Gasteiger partial charge is 0.480 e. The van der Waals surface area contributed by atoms with Crippen molar-refractivity contribution in [2.45, 2.75) is 125 Å². The summed E-state index contributed by atoms with van der Waals surface area (Å²) < 4.78 is 11.9. The summed E-state index contributed by atoms with van der Waals surface area (Å²) in [7, 11) is 0. The van der Waals surface area contributed by atoms with Gasteiger partial charge >= 0.3 is 5.97 Å². The molecule has 0 spiro atoms. The van der Waals surface area contributed by atoms with Crippen molar-refractivity contribution in [1.29, 1.82) is 0 Å². The molecular formula is C30H57N5O8. The fourth-order valence-corrected chi connectivity index (χ4v) is 4.50. The van der Waals surface area contributed by atoms with Crippen LogP contribution in [0.2, 0.25) is 0 Å². The van der Waals surface area contributed by atoms with Crippen molar-refractivity contribution in [3.63, 3.8) is 0 Å². The second-order valence-electron chi connectivity index (χ2n) is 12.2. The number of carboxylic acid groups (broad SMARTS) is 1. The molecule has 13 heteroatoms. The molecule has 5 atom stereocenters. The molecule has 0 bridgehead atoms. The molecule has 4 amide bonds. The Kier molecular flexibility index (Phi) is 17.6. The molecular weight excluding hydrogens is 558 g/mol. The zero-order valence-corrected chi connectivity index (χ0v) is 27.9. The van der Waals surface area contributed by atoms with E-state index in [0.717, 1.165) is 0 Å². The Morgan fingerprint density at radius 1 is 0.698 bits per heavy atom. The summed E-state index contributed by atoms with van der Waals surface area (Å²) in [6, 6.07) is -5.06. The zero-order chi connectivity index (χ0) is 33.7. The molecule has 0 aromatic rings. The van der Waals surface area contributed by atoms with E-state index < -0.39 is 71.5 Å². The topological polar surface area (TPSA) is 198 Å². The van der Waals surface area contributed by atoms with Crippen LogP contribution in [0, 0.1) is 23.7 Å². The molecule has 0 aliphatic rings. The minimum atomic E-state index is -2.03. The quantitative estimate of drug-likeness (QED) is 0.110. The van der Waals surface area contributed by atoms with Gasteiger partial charge in [0.05, 0.1) is 12.1 Å². The van der Waals surface area contributed by atoms with E-state index in [-0.39, 0.29) is 43.8 Å². The molecule has 7 N–H and O–H groups in total. The molecule has 1 unspecified atom stereocenters. The average Bonchev–Trinajstić information content (AvgIpc) is 2.90. The standard InChI is InChI=1S/C30H57N5O8/c1-12-21(33-27(38)23(18(8)9)34-26(37)22(31)17(6)7)30(42-13-2,43-14-3)29(41)32-20(15-16(4)5)25(36)35-24(19(10)11)28(39)40/h16-24H,12-15,31H2,1-11H3,(H,32,41)(H,33,38)(H,34,37)(H,35,36)(H,39,40)/t20-,21?,22+,23+,24+/m1/s1. The third-order valence-corrected chi connectivity index (χ3v) is 7.04. The van der Waals surface area contributed by atoms with E-state index in [0.29, 0.717) is 0 Å². The van der Waals surface area contributed by atoms with Gasteiger partial charge in [-0.3, -0.25) is 19.2 Å². The van der Waals surface area contributed by atoms with Crippen molar-refractivity contribution in [2.24, 2.45) is 29.4 Å². The van der Waals surface area contributed by atoms with Gasteiger partial charge in [0, 0.05) is 13.2 Å². The lowest BCUT2D eigenvalue weighted by atomic mass is 9.96. The molecule has 0 aliphatic heterocycles. The first-order valence-electron chi connectivity index (χ1n) is 15.4. The predicted octanol–water partition coefficient (Wildman–Crippen LogP) is 1.53. The van der Waals surface area contributed by atoms with Gasteiger partial charge in [-0.15, -0.1) is 0 Å². The number of amides is 4. The van der Waals surface area contributed by atoms with Crippen molar-refractivity contribution in [3.05, 3.63) is 0 Å². The molecule has 0 fully saturated rings. The van der Waals surface area contributed by atoms with Crippen molar-refractivity contribution < 1.29 is 38.6 Å². The Hall–Kier alpha value is -2.77. The minimum Gasteiger partial charge on any atom is -0.480 e. The lowest BCUT2D eigenvalue weighted by Crippen LogP contribution is -2.67. The van der Waals surface area contributed by atoms with Crippen LogP contribution in [0.25, 0.3) is 0 Å². The zero-order valence-electron chi connectivity index (χ0n) is 27.9. The number of hydrogen-bond donors (Lipinski definition) is 6. The Balaban J connectivity index is 6.42. The van der Waals surface area contributed by atoms with E-state index in [4.69, 9.17) is 15.2 Å². The first-order valence-corrected chi connectivity index (χ1v) is 15.4. The van der Waals surface area contributed by atoms with Gasteiger partial charge in [-0.1, -0.05) is 62.3 Å². The maximum Gasteiger partial charge on any atom is 0.326 e. The van der Waals surface area contributed by atoms with Crippen LogP contribution in [0.5, 0.6) is 0 Å². The third-order valence-electron chi connectivity index (χ3n) is 7.04. The second-order valence-corrected chi connectivity index (χ2v) is 12.2. The van der Waals surface area contributed by atoms with Gasteiger partial charge in [-0.05, 0) is 50.4 Å². The summed E-state index contributed by atoms with van der Waals surface area (Å²) in [6.07, 6.45) is 0.399. The van der Waals surface area contributed by atoms with Gasteiger partial charge in [0.1, 0.15) is 18.1 Å². The molecule has 43 heavy (non-hydrogen) atoms. The van der Waals surface area contributed by atoms with E-state index in [2.05, 4.69) is 21.3 Å². The normalized spacial score (nSPS) is 15.5. The Bertz CT molecular complexity index is 918. The van der Waals surface area contributed by atoms with Crippen LogP contribution >= 0.6 is 0 Å². The van der Waals surface area contributed by atoms with Crippen LogP contribution < -0.4 is 27.0 Å². The number of carbonyl (C=O) groups excluding carboxylic acids is 4. The predicted molar refractivity (Wildman–Crippen MR) is 164 cm³/mol. The molecule has 0 aromatic heterocycles. The van der Waals surface area contributed by atoms with E-state index in [1.165, 1.54) is 0 Å². The SMILES string of the molecule is CCOC(OCC)(C(=O)N[C@H](CC(C)C)C(=O)N[C@H](C(=O)O)C(C)C)C(CC)NC(=O)[C@@H](NC(=O)[C@@H](N)C(C)C)C(C)C. The summed E-state index contributed by atoms with van der Waals surface area (Å²) in [5.41, 5.74) is 5.99. The average molecular weight is 616 g/mol. The van der Waals surface area contributed by atoms with Gasteiger partial charge in [0.15, 0.2) is 0 Å². The number of carboxylic acids is 1. The van der Waals surface area contributed by atoms with Gasteiger partial charge in [0.2, 0.25) is 17.7 Å². The fraction of sp³-hybridized carbons (Fsp3) is 0.833. The van der Waals surface area contributed by atoms with Crippen LogP contribution in [0.15, 0.2) is 0 Å². The Labute approximate surface area is 257 Å². The lowest BCUT2D eigenvalue weighted by Gasteiger charge is -2.40. The Morgan fingerprint density at radius 3 is 1.56 bits per heavy atom. The van der Waals surface area contributed by atoms with Crippen LogP contribution in [-0.4, -0.2) is 83.9 Å². The highest BCUT2D eigenvalue weighted by atomic mass is 16.7. The first-order chi connectivity index (χ1) is 19.9. The molecule has 250 valence electrons. The molecule has 0 rings (SSSR count). The van der Waals surface area contributed by atoms with Crippen molar-refractivity contribution in [2.75, 3.05) is 13.2 Å². The smallest absolute Gasteiger partial charge is 0.326 e. The number of hydrogen-bond acceptors (Lipinski definition) is 8. The highest BCUT2D eigenvalue weighted by Crippen LogP contribution is 2.24. The van der Waals surface area contributed by atoms with E-state index >= 15 is 0 Å². The molecule has 0 saturated heterocycles. The van der Waals surface area contributed by atoms with Crippen LogP contribution in [-0.2, 0) is 33.4 Å². The second kappa shape index (κ2) is 18.8. The molecule has 0 radical (unpaired) electrons. The number of nitrogens with one attached hydrogen (secondary N) is 4. The summed E-state index contributed by atoms with van der Waals surface area (Å²) in [4.78, 5) is 65.3. The van der Waals surface area contributed by atoms with Crippen LogP contribution in [0.1, 0.15) is 89.0 Å². The van der Waals surface area contributed by atoms with Crippen LogP contribution in [0.3, 0.4) is 0 Å². The summed E-state index contributed by atoms with van der Waals surface area (Å²) in [5.74, 6) is -6.61. The number of aliphatic carboxylic acids is 1. The number of carbonyl (C=O) groups is 5. The van der Waals surface area contributed by atoms with Gasteiger partial charge < -0.3 is 41.6 Å². The first kappa shape index (κ1) is 40.2. The molecule has 13 nitrogen and oxygen atoms in total. The van der Waals surface area contributed by atoms with E-state index in [1.54, 1.807) is 62.3 Å². The minimum absolute atomic E-state index is 0.0306. The van der Waals surface area contributed by atoms with Gasteiger partial charge in [-0.2, -0.15) is 0 Å². The van der Waals surface area contributed by atoms with Crippen molar-refractivity contribution in [3.8, 4) is 0 Å². The summed E-state index contributed by atoms with van der Waals surface area (Å²) in [6.45, 7) is 19.3. The lowest BCUT2D eigenvalue weighted by molar-refractivity contribution is -0.241. The number of nitrogens with two attached hydrogens (primary N) is 1. The van der Waals surface area contributed by atoms with Gasteiger partial charge in [0.25, 0.3) is 11.7 Å². The molecule has 0 aliphatic carbocycles. The highest BCUT2D eigenvalue weighted by Gasteiger charge is 2.50. The van der Waals surface area contributed by atoms with Crippen LogP contribution in [0.4, 0.5) is 0 Å². The van der Waals surface area contributed by atoms with E-state index in [9.17, 15) is 29.1 Å².